The third-order valence-corrected chi connectivity index (χ3v) is 2.89. The summed E-state index contributed by atoms with van der Waals surface area (Å²) >= 11 is 0. The zero-order valence-electron chi connectivity index (χ0n) is 12.7. The number of aromatic nitrogens is 2. The summed E-state index contributed by atoms with van der Waals surface area (Å²) in [6.07, 6.45) is 5.95. The summed E-state index contributed by atoms with van der Waals surface area (Å²) in [5, 5.41) is 4.97. The number of amides is 2. The number of hydrogen-bond donors (Lipinski definition) is 2. The Balaban J connectivity index is 2.13. The number of hydrogen-bond acceptors (Lipinski definition) is 5. The van der Waals surface area contributed by atoms with E-state index in [1.54, 1.807) is 55.1 Å². The predicted molar refractivity (Wildman–Crippen MR) is 87.0 cm³/mol. The summed E-state index contributed by atoms with van der Waals surface area (Å²) in [7, 11) is 0. The largest absolute Gasteiger partial charge is 0.345 e. The summed E-state index contributed by atoms with van der Waals surface area (Å²) in [6.45, 7) is -0.229. The highest BCUT2D eigenvalue weighted by molar-refractivity contribution is 5.98. The molecule has 2 amide bonds. The van der Waals surface area contributed by atoms with E-state index in [4.69, 9.17) is 0 Å². The van der Waals surface area contributed by atoms with Gasteiger partial charge in [0.2, 0.25) is 18.1 Å². The molecule has 0 bridgehead atoms. The average molecular weight is 323 g/mol. The molecule has 2 N–H and O–H groups in total. The zero-order valence-corrected chi connectivity index (χ0v) is 12.7. The Hall–Kier alpha value is -3.35. The van der Waals surface area contributed by atoms with Gasteiger partial charge in [0.15, 0.2) is 0 Å². The van der Waals surface area contributed by atoms with Crippen molar-refractivity contribution in [3.63, 3.8) is 0 Å². The first-order valence-electron chi connectivity index (χ1n) is 7.14. The van der Waals surface area contributed by atoms with Crippen LogP contribution in [0.5, 0.6) is 0 Å². The van der Waals surface area contributed by atoms with Gasteiger partial charge in [0.1, 0.15) is 0 Å². The summed E-state index contributed by atoms with van der Waals surface area (Å²) in [5.41, 5.74) is 1.27. The van der Waals surface area contributed by atoms with Crippen molar-refractivity contribution in [3.8, 4) is 0 Å². The Bertz CT molecular complexity index is 730. The molecule has 0 aliphatic heterocycles. The Kier molecular flexibility index (Phi) is 6.34. The van der Waals surface area contributed by atoms with Crippen LogP contribution >= 0.6 is 0 Å². The molecule has 2 aromatic rings. The lowest BCUT2D eigenvalue weighted by molar-refractivity contribution is -0.119. The van der Waals surface area contributed by atoms with Gasteiger partial charge in [-0.3, -0.25) is 24.4 Å². The van der Waals surface area contributed by atoms with Gasteiger partial charge in [0.05, 0.1) is 24.4 Å². The van der Waals surface area contributed by atoms with Crippen LogP contribution in [-0.4, -0.2) is 34.6 Å². The topological polar surface area (TPSA) is 101 Å². The van der Waals surface area contributed by atoms with Gasteiger partial charge in [-0.2, -0.15) is 0 Å². The van der Waals surface area contributed by atoms with E-state index in [1.165, 1.54) is 6.08 Å². The number of carbonyl (C=O) groups is 2. The molecular weight excluding hydrogens is 308 g/mol. The second kappa shape index (κ2) is 8.94. The first-order chi connectivity index (χ1) is 11.7. The fraction of sp³-hybridized carbons (Fsp3) is 0.118. The summed E-state index contributed by atoms with van der Waals surface area (Å²) in [4.78, 5) is 42.3. The second-order valence-corrected chi connectivity index (χ2v) is 4.68. The first kappa shape index (κ1) is 17.0. The lowest BCUT2D eigenvalue weighted by atomic mass is 10.2. The van der Waals surface area contributed by atoms with Crippen LogP contribution in [0.3, 0.4) is 0 Å². The second-order valence-electron chi connectivity index (χ2n) is 4.68. The van der Waals surface area contributed by atoms with Crippen LogP contribution in [-0.2, 0) is 20.8 Å². The molecule has 1 radical (unpaired) electrons. The maximum Gasteiger partial charge on any atom is 0.246 e. The van der Waals surface area contributed by atoms with Crippen molar-refractivity contribution < 1.29 is 14.4 Å². The minimum absolute atomic E-state index is 0.0642. The fourth-order valence-electron chi connectivity index (χ4n) is 1.86. The van der Waals surface area contributed by atoms with Gasteiger partial charge in [0, 0.05) is 24.2 Å². The van der Waals surface area contributed by atoms with Crippen LogP contribution in [0.2, 0.25) is 0 Å². The molecule has 2 aromatic heterocycles. The van der Waals surface area contributed by atoms with Crippen molar-refractivity contribution in [2.75, 3.05) is 6.54 Å². The van der Waals surface area contributed by atoms with E-state index in [0.29, 0.717) is 11.4 Å². The molecule has 0 unspecified atom stereocenters. The van der Waals surface area contributed by atoms with E-state index in [1.807, 2.05) is 0 Å². The Morgan fingerprint density at radius 1 is 1.08 bits per heavy atom. The van der Waals surface area contributed by atoms with Crippen molar-refractivity contribution in [1.82, 2.24) is 20.6 Å². The van der Waals surface area contributed by atoms with E-state index in [9.17, 15) is 14.4 Å². The monoisotopic (exact) mass is 323 g/mol. The molecule has 2 rings (SSSR count). The van der Waals surface area contributed by atoms with Gasteiger partial charge in [-0.25, -0.2) is 0 Å². The quantitative estimate of drug-likeness (QED) is 0.718. The van der Waals surface area contributed by atoms with E-state index in [2.05, 4.69) is 20.6 Å². The van der Waals surface area contributed by atoms with Gasteiger partial charge >= 0.3 is 0 Å². The number of nitrogens with zero attached hydrogens (tertiary/aromatic N) is 2. The molecule has 0 saturated carbocycles. The van der Waals surface area contributed by atoms with Crippen molar-refractivity contribution in [2.24, 2.45) is 0 Å². The minimum atomic E-state index is -0.530. The van der Waals surface area contributed by atoms with Crippen LogP contribution in [0.1, 0.15) is 11.4 Å². The molecule has 24 heavy (non-hydrogen) atoms. The van der Waals surface area contributed by atoms with Crippen molar-refractivity contribution >= 4 is 23.8 Å². The smallest absolute Gasteiger partial charge is 0.246 e. The lowest BCUT2D eigenvalue weighted by Crippen LogP contribution is -2.28. The molecule has 0 aliphatic carbocycles. The Labute approximate surface area is 138 Å². The highest BCUT2D eigenvalue weighted by Gasteiger charge is 2.11. The summed E-state index contributed by atoms with van der Waals surface area (Å²) in [6, 6.07) is 10.4. The predicted octanol–water partition coefficient (Wildman–Crippen LogP) is 0.402. The van der Waals surface area contributed by atoms with Crippen LogP contribution in [0.15, 0.2) is 54.9 Å². The minimum Gasteiger partial charge on any atom is -0.345 e. The van der Waals surface area contributed by atoms with Gasteiger partial charge in [0.25, 0.3) is 0 Å². The molecular formula is C17H15N4O3. The Morgan fingerprint density at radius 3 is 2.46 bits per heavy atom. The van der Waals surface area contributed by atoms with E-state index >= 15 is 0 Å². The van der Waals surface area contributed by atoms with Crippen LogP contribution in [0.4, 0.5) is 0 Å². The highest BCUT2D eigenvalue weighted by Crippen LogP contribution is 2.08. The molecule has 0 atom stereocenters. The molecule has 0 aromatic carbocycles. The molecule has 7 heteroatoms. The van der Waals surface area contributed by atoms with Gasteiger partial charge in [-0.15, -0.1) is 0 Å². The molecule has 0 saturated heterocycles. The van der Waals surface area contributed by atoms with Crippen molar-refractivity contribution in [2.45, 2.75) is 6.42 Å². The number of rotatable bonds is 7. The molecule has 0 spiro atoms. The third-order valence-electron chi connectivity index (χ3n) is 2.89. The number of nitrogens with one attached hydrogen (secondary N) is 2. The zero-order chi connectivity index (χ0) is 17.2. The molecule has 2 heterocycles. The summed E-state index contributed by atoms with van der Waals surface area (Å²) < 4.78 is 0. The molecule has 0 fully saturated rings. The third kappa shape index (κ3) is 5.45. The highest BCUT2D eigenvalue weighted by atomic mass is 16.2. The Morgan fingerprint density at radius 2 is 1.83 bits per heavy atom. The van der Waals surface area contributed by atoms with Crippen LogP contribution < -0.4 is 10.6 Å². The molecule has 7 nitrogen and oxygen atoms in total. The number of pyridine rings is 2. The van der Waals surface area contributed by atoms with Gasteiger partial charge < -0.3 is 10.6 Å². The average Bonchev–Trinajstić information content (AvgIpc) is 2.61. The normalized spacial score (nSPS) is 10.8. The number of carbonyl (C=O) groups excluding carboxylic acids is 3. The SMILES string of the molecule is O=[C]CNC(=O)C=C(NC(=O)Cc1ccccn1)c1ccccn1. The lowest BCUT2D eigenvalue weighted by Gasteiger charge is -2.09. The van der Waals surface area contributed by atoms with E-state index in [0.717, 1.165) is 0 Å². The molecule has 0 aliphatic rings. The van der Waals surface area contributed by atoms with E-state index < -0.39 is 5.91 Å². The van der Waals surface area contributed by atoms with Crippen LogP contribution in [0.25, 0.3) is 5.70 Å². The van der Waals surface area contributed by atoms with E-state index in [-0.39, 0.29) is 24.6 Å². The van der Waals surface area contributed by atoms with Crippen molar-refractivity contribution in [3.05, 3.63) is 66.3 Å². The summed E-state index contributed by atoms with van der Waals surface area (Å²) in [5.74, 6) is -0.863. The standard InChI is InChI=1S/C17H15N4O3/c22-10-9-20-16(23)12-15(14-6-2-4-8-19-14)21-17(24)11-13-5-1-3-7-18-13/h1-8,12H,9,11H2,(H,20,23)(H,21,24). The first-order valence-corrected chi connectivity index (χ1v) is 7.14. The maximum atomic E-state index is 12.2. The fourth-order valence-corrected chi connectivity index (χ4v) is 1.86. The van der Waals surface area contributed by atoms with Crippen LogP contribution in [0, 0.1) is 0 Å². The molecule has 121 valence electrons. The van der Waals surface area contributed by atoms with Gasteiger partial charge in [-0.05, 0) is 24.3 Å². The van der Waals surface area contributed by atoms with Crippen molar-refractivity contribution in [1.29, 1.82) is 0 Å². The van der Waals surface area contributed by atoms with Gasteiger partial charge in [-0.1, -0.05) is 12.1 Å². The maximum absolute atomic E-state index is 12.2.